The van der Waals surface area contributed by atoms with Crippen molar-refractivity contribution >= 4 is 11.6 Å². The zero-order valence-electron chi connectivity index (χ0n) is 20.2. The molecular formula is C30H34O2. The van der Waals surface area contributed by atoms with Crippen molar-refractivity contribution in [1.29, 1.82) is 0 Å². The van der Waals surface area contributed by atoms with E-state index in [1.54, 1.807) is 24.3 Å². The Kier molecular flexibility index (Phi) is 7.45. The van der Waals surface area contributed by atoms with Gasteiger partial charge in [0.05, 0.1) is 0 Å². The van der Waals surface area contributed by atoms with Crippen molar-refractivity contribution in [2.24, 2.45) is 0 Å². The van der Waals surface area contributed by atoms with Crippen LogP contribution in [0.5, 0.6) is 0 Å². The number of ketones is 2. The Morgan fingerprint density at radius 1 is 0.688 bits per heavy atom. The summed E-state index contributed by atoms with van der Waals surface area (Å²) in [5.74, 6) is 0.351. The molecule has 0 aliphatic carbocycles. The number of benzene rings is 3. The summed E-state index contributed by atoms with van der Waals surface area (Å²) in [4.78, 5) is 24.6. The second-order valence-corrected chi connectivity index (χ2v) is 8.91. The molecule has 3 aromatic rings. The summed E-state index contributed by atoms with van der Waals surface area (Å²) in [6.45, 7) is 12.3. The zero-order valence-corrected chi connectivity index (χ0v) is 20.2. The van der Waals surface area contributed by atoms with E-state index >= 15 is 0 Å². The molecule has 3 rings (SSSR count). The van der Waals surface area contributed by atoms with Crippen LogP contribution in [-0.2, 0) is 12.8 Å². The Morgan fingerprint density at radius 3 is 1.62 bits per heavy atom. The number of rotatable bonds is 8. The Morgan fingerprint density at radius 2 is 1.16 bits per heavy atom. The van der Waals surface area contributed by atoms with Crippen LogP contribution in [0.3, 0.4) is 0 Å². The molecule has 3 aromatic carbocycles. The third-order valence-electron chi connectivity index (χ3n) is 6.45. The smallest absolute Gasteiger partial charge is 0.170 e. The maximum atomic E-state index is 13.1. The number of Topliss-reactive ketones (excluding diaryl/α,β-unsaturated/α-hetero) is 2. The monoisotopic (exact) mass is 426 g/mol. The Hall–Kier alpha value is -3.00. The van der Waals surface area contributed by atoms with Gasteiger partial charge in [-0.25, -0.2) is 0 Å². The van der Waals surface area contributed by atoms with Crippen molar-refractivity contribution in [3.05, 3.63) is 94.0 Å². The predicted octanol–water partition coefficient (Wildman–Crippen LogP) is 7.79. The van der Waals surface area contributed by atoms with Gasteiger partial charge in [0.25, 0.3) is 0 Å². The van der Waals surface area contributed by atoms with E-state index in [-0.39, 0.29) is 17.5 Å². The normalized spacial score (nSPS) is 12.1. The van der Waals surface area contributed by atoms with Gasteiger partial charge in [-0.3, -0.25) is 9.59 Å². The van der Waals surface area contributed by atoms with Crippen LogP contribution in [0.25, 0.3) is 11.1 Å². The van der Waals surface area contributed by atoms with E-state index in [9.17, 15) is 9.59 Å². The minimum absolute atomic E-state index is 0.00750. The molecule has 0 aromatic heterocycles. The lowest BCUT2D eigenvalue weighted by molar-refractivity contribution is 0.0963. The van der Waals surface area contributed by atoms with Gasteiger partial charge in [0.15, 0.2) is 11.6 Å². The van der Waals surface area contributed by atoms with Crippen molar-refractivity contribution in [3.63, 3.8) is 0 Å². The summed E-state index contributed by atoms with van der Waals surface area (Å²) in [7, 11) is 0. The third-order valence-corrected chi connectivity index (χ3v) is 6.45. The number of hydrogen-bond acceptors (Lipinski definition) is 2. The zero-order chi connectivity index (χ0) is 23.4. The number of aryl methyl sites for hydroxylation is 2. The Labute approximate surface area is 192 Å². The van der Waals surface area contributed by atoms with E-state index in [1.165, 1.54) is 34.7 Å². The quantitative estimate of drug-likeness (QED) is 0.344. The molecule has 0 amide bonds. The molecule has 0 saturated carbocycles. The molecule has 166 valence electrons. The SMILES string of the molecule is CCc1cc(C(C)C)ccc1-c1ccc(C(C)C(=O)c2ccc(C(C)=O)cc2)cc1CC. The van der Waals surface area contributed by atoms with Crippen LogP contribution >= 0.6 is 0 Å². The summed E-state index contributed by atoms with van der Waals surface area (Å²) in [5, 5.41) is 0. The maximum absolute atomic E-state index is 13.1. The molecule has 0 spiro atoms. The van der Waals surface area contributed by atoms with Crippen LogP contribution < -0.4 is 0 Å². The highest BCUT2D eigenvalue weighted by Crippen LogP contribution is 2.33. The minimum atomic E-state index is -0.244. The molecule has 0 N–H and O–H groups in total. The summed E-state index contributed by atoms with van der Waals surface area (Å²) in [5.41, 5.74) is 8.85. The van der Waals surface area contributed by atoms with E-state index in [2.05, 4.69) is 64.1 Å². The lowest BCUT2D eigenvalue weighted by Crippen LogP contribution is -2.10. The lowest BCUT2D eigenvalue weighted by atomic mass is 9.86. The first-order valence-electron chi connectivity index (χ1n) is 11.7. The van der Waals surface area contributed by atoms with Crippen molar-refractivity contribution in [3.8, 4) is 11.1 Å². The van der Waals surface area contributed by atoms with Gasteiger partial charge in [0.1, 0.15) is 0 Å². The molecule has 2 heteroatoms. The highest BCUT2D eigenvalue weighted by molar-refractivity contribution is 6.02. The largest absolute Gasteiger partial charge is 0.295 e. The van der Waals surface area contributed by atoms with Gasteiger partial charge in [0, 0.05) is 17.0 Å². The molecular weight excluding hydrogens is 392 g/mol. The summed E-state index contributed by atoms with van der Waals surface area (Å²) >= 11 is 0. The van der Waals surface area contributed by atoms with Crippen LogP contribution in [0.1, 0.15) is 96.3 Å². The fraction of sp³-hybridized carbons (Fsp3) is 0.333. The molecule has 0 bridgehead atoms. The average Bonchev–Trinajstić information content (AvgIpc) is 2.82. The van der Waals surface area contributed by atoms with E-state index in [4.69, 9.17) is 0 Å². The molecule has 0 radical (unpaired) electrons. The van der Waals surface area contributed by atoms with Gasteiger partial charge in [-0.1, -0.05) is 95.3 Å². The van der Waals surface area contributed by atoms with Crippen molar-refractivity contribution in [1.82, 2.24) is 0 Å². The second kappa shape index (κ2) is 10.1. The van der Waals surface area contributed by atoms with Crippen LogP contribution in [0.15, 0.2) is 60.7 Å². The number of carbonyl (C=O) groups is 2. The number of hydrogen-bond donors (Lipinski definition) is 0. The molecule has 2 nitrogen and oxygen atoms in total. The van der Waals surface area contributed by atoms with Crippen LogP contribution in [0, 0.1) is 0 Å². The molecule has 0 aliphatic heterocycles. The van der Waals surface area contributed by atoms with E-state index in [0.717, 1.165) is 18.4 Å². The molecule has 1 unspecified atom stereocenters. The molecule has 0 fully saturated rings. The van der Waals surface area contributed by atoms with Gasteiger partial charge in [0.2, 0.25) is 0 Å². The first kappa shape index (κ1) is 23.7. The topological polar surface area (TPSA) is 34.1 Å². The first-order chi connectivity index (χ1) is 15.3. The summed E-state index contributed by atoms with van der Waals surface area (Å²) < 4.78 is 0. The Balaban J connectivity index is 1.94. The standard InChI is InChI=1S/C30H34O2/c1-7-22-17-26(19(3)4)13-15-28(22)29-16-14-27(18-23(29)8-2)20(5)30(32)25-11-9-24(10-12-25)21(6)31/h9-20H,7-8H2,1-6H3. The van der Waals surface area contributed by atoms with Gasteiger partial charge >= 0.3 is 0 Å². The first-order valence-corrected chi connectivity index (χ1v) is 11.7. The van der Waals surface area contributed by atoms with E-state index < -0.39 is 0 Å². The van der Waals surface area contributed by atoms with E-state index in [1.807, 2.05) is 6.92 Å². The Bertz CT molecular complexity index is 1120. The minimum Gasteiger partial charge on any atom is -0.295 e. The average molecular weight is 427 g/mol. The second-order valence-electron chi connectivity index (χ2n) is 8.91. The molecule has 1 atom stereocenters. The summed E-state index contributed by atoms with van der Waals surface area (Å²) in [6, 6.07) is 20.3. The van der Waals surface area contributed by atoms with Crippen LogP contribution in [-0.4, -0.2) is 11.6 Å². The fourth-order valence-corrected chi connectivity index (χ4v) is 4.24. The van der Waals surface area contributed by atoms with Gasteiger partial charge in [-0.2, -0.15) is 0 Å². The van der Waals surface area contributed by atoms with Gasteiger partial charge in [-0.15, -0.1) is 0 Å². The maximum Gasteiger partial charge on any atom is 0.170 e. The third kappa shape index (κ3) is 4.91. The van der Waals surface area contributed by atoms with Gasteiger partial charge in [-0.05, 0) is 59.1 Å². The van der Waals surface area contributed by atoms with Crippen molar-refractivity contribution in [2.75, 3.05) is 0 Å². The van der Waals surface area contributed by atoms with Gasteiger partial charge < -0.3 is 0 Å². The van der Waals surface area contributed by atoms with Crippen molar-refractivity contribution in [2.45, 2.75) is 66.2 Å². The molecule has 0 heterocycles. The summed E-state index contributed by atoms with van der Waals surface area (Å²) in [6.07, 6.45) is 1.90. The highest BCUT2D eigenvalue weighted by Gasteiger charge is 2.19. The molecule has 0 aliphatic rings. The fourth-order valence-electron chi connectivity index (χ4n) is 4.24. The van der Waals surface area contributed by atoms with Crippen LogP contribution in [0.4, 0.5) is 0 Å². The predicted molar refractivity (Wildman–Crippen MR) is 134 cm³/mol. The lowest BCUT2D eigenvalue weighted by Gasteiger charge is -2.18. The number of carbonyl (C=O) groups excluding carboxylic acids is 2. The van der Waals surface area contributed by atoms with Crippen molar-refractivity contribution < 1.29 is 9.59 Å². The molecule has 32 heavy (non-hydrogen) atoms. The van der Waals surface area contributed by atoms with E-state index in [0.29, 0.717) is 17.0 Å². The molecule has 0 saturated heterocycles. The highest BCUT2D eigenvalue weighted by atomic mass is 16.1. The van der Waals surface area contributed by atoms with Crippen LogP contribution in [0.2, 0.25) is 0 Å².